The molecule has 18 heavy (non-hydrogen) atoms. The largest absolute Gasteiger partial charge is 1.00 e. The molecule has 3 rings (SSSR count). The molecule has 0 saturated heterocycles. The molecule has 0 fully saturated rings. The van der Waals surface area contributed by atoms with Crippen LogP contribution < -0.4 is 24.0 Å². The van der Waals surface area contributed by atoms with Gasteiger partial charge in [0.15, 0.2) is 0 Å². The number of rotatable bonds is 0. The van der Waals surface area contributed by atoms with E-state index in [9.17, 15) is 0 Å². The zero-order chi connectivity index (χ0) is 12.1. The normalized spacial score (nSPS) is 9.11. The second-order valence-corrected chi connectivity index (χ2v) is 3.64. The van der Waals surface area contributed by atoms with E-state index in [-0.39, 0.29) is 18.9 Å². The van der Waals surface area contributed by atoms with Gasteiger partial charge < -0.3 is 9.90 Å². The standard InChI is InChI=1S/C14H10.CH2O2.Li/c1-2-6-12-10-14-8-4-3-7-13(14)9-11(12)5-1;2-1-3;/h1-10H;1H,(H,2,3);/q;;+1/p-1. The zero-order valence-electron chi connectivity index (χ0n) is 10.2. The Bertz CT molecular complexity index is 545. The summed E-state index contributed by atoms with van der Waals surface area (Å²) in [5.41, 5.74) is 0. The molecule has 84 valence electrons. The van der Waals surface area contributed by atoms with Crippen molar-refractivity contribution in [3.8, 4) is 0 Å². The number of hydrogen-bond donors (Lipinski definition) is 0. The smallest absolute Gasteiger partial charge is 0.554 e. The molecule has 3 heteroatoms. The van der Waals surface area contributed by atoms with E-state index in [1.54, 1.807) is 0 Å². The van der Waals surface area contributed by atoms with E-state index in [2.05, 4.69) is 60.7 Å². The molecule has 0 aromatic heterocycles. The summed E-state index contributed by atoms with van der Waals surface area (Å²) >= 11 is 0. The van der Waals surface area contributed by atoms with Crippen LogP contribution >= 0.6 is 0 Å². The third-order valence-corrected chi connectivity index (χ3v) is 2.61. The predicted octanol–water partition coefficient (Wildman–Crippen LogP) is -0.637. The van der Waals surface area contributed by atoms with Crippen molar-refractivity contribution < 1.29 is 28.8 Å². The van der Waals surface area contributed by atoms with Crippen LogP contribution in [0.2, 0.25) is 0 Å². The molecule has 0 saturated carbocycles. The molecule has 0 amide bonds. The van der Waals surface area contributed by atoms with Gasteiger partial charge in [0.05, 0.1) is 0 Å². The van der Waals surface area contributed by atoms with E-state index in [0.29, 0.717) is 0 Å². The van der Waals surface area contributed by atoms with Crippen molar-refractivity contribution in [3.05, 3.63) is 60.7 Å². The summed E-state index contributed by atoms with van der Waals surface area (Å²) in [6.07, 6.45) is 0. The Morgan fingerprint density at radius 2 is 0.944 bits per heavy atom. The van der Waals surface area contributed by atoms with Gasteiger partial charge in [-0.2, -0.15) is 0 Å². The SMILES string of the molecule is O=C[O-].[Li+].c1ccc2cc3ccccc3cc2c1. The maximum atomic E-state index is 8.25. The Hall–Kier alpha value is -1.75. The number of hydrogen-bond acceptors (Lipinski definition) is 2. The first kappa shape index (κ1) is 14.3. The maximum Gasteiger partial charge on any atom is 1.00 e. The number of fused-ring (bicyclic) bond motifs is 2. The summed E-state index contributed by atoms with van der Waals surface area (Å²) < 4.78 is 0. The Labute approximate surface area is 117 Å². The van der Waals surface area contributed by atoms with Crippen LogP contribution in [-0.4, -0.2) is 6.47 Å². The molecule has 0 radical (unpaired) electrons. The number of benzene rings is 3. The van der Waals surface area contributed by atoms with Gasteiger partial charge >= 0.3 is 18.9 Å². The fraction of sp³-hybridized carbons (Fsp3) is 0. The molecule has 3 aromatic rings. The Morgan fingerprint density at radius 1 is 0.722 bits per heavy atom. The van der Waals surface area contributed by atoms with Crippen LogP contribution in [0, 0.1) is 0 Å². The molecule has 0 spiro atoms. The molecule has 0 aliphatic heterocycles. The van der Waals surface area contributed by atoms with E-state index >= 15 is 0 Å². The minimum atomic E-state index is -0.500. The molecule has 0 aliphatic carbocycles. The van der Waals surface area contributed by atoms with Crippen molar-refractivity contribution in [2.45, 2.75) is 0 Å². The summed E-state index contributed by atoms with van der Waals surface area (Å²) in [6.45, 7) is -0.500. The third kappa shape index (κ3) is 3.13. The molecule has 0 atom stereocenters. The van der Waals surface area contributed by atoms with E-state index in [1.165, 1.54) is 21.5 Å². The average molecular weight is 230 g/mol. The molecule has 2 nitrogen and oxygen atoms in total. The molecule has 0 heterocycles. The fourth-order valence-electron chi connectivity index (χ4n) is 1.88. The van der Waals surface area contributed by atoms with E-state index in [1.807, 2.05) is 0 Å². The minimum Gasteiger partial charge on any atom is -0.554 e. The van der Waals surface area contributed by atoms with Crippen molar-refractivity contribution in [1.82, 2.24) is 0 Å². The van der Waals surface area contributed by atoms with E-state index in [0.717, 1.165) is 0 Å². The van der Waals surface area contributed by atoms with Gasteiger partial charge in [-0.05, 0) is 33.7 Å². The van der Waals surface area contributed by atoms with Gasteiger partial charge in [0, 0.05) is 6.47 Å². The van der Waals surface area contributed by atoms with Crippen LogP contribution in [-0.2, 0) is 4.79 Å². The Kier molecular flexibility index (Phi) is 5.45. The predicted molar refractivity (Wildman–Crippen MR) is 67.5 cm³/mol. The fourth-order valence-corrected chi connectivity index (χ4v) is 1.88. The number of carbonyl (C=O) groups is 1. The summed E-state index contributed by atoms with van der Waals surface area (Å²) in [5, 5.41) is 13.5. The first-order chi connectivity index (χ1) is 8.35. The summed E-state index contributed by atoms with van der Waals surface area (Å²) in [5.74, 6) is 0. The van der Waals surface area contributed by atoms with Gasteiger partial charge in [0.25, 0.3) is 0 Å². The minimum absolute atomic E-state index is 0. The van der Waals surface area contributed by atoms with Crippen molar-refractivity contribution in [2.75, 3.05) is 0 Å². The Balaban J connectivity index is 0.000000372. The van der Waals surface area contributed by atoms with Gasteiger partial charge in [-0.15, -0.1) is 0 Å². The van der Waals surface area contributed by atoms with Crippen molar-refractivity contribution in [3.63, 3.8) is 0 Å². The first-order valence-corrected chi connectivity index (χ1v) is 5.28. The number of carboxylic acid groups (broad SMARTS) is 1. The van der Waals surface area contributed by atoms with Crippen LogP contribution in [0.25, 0.3) is 21.5 Å². The summed E-state index contributed by atoms with van der Waals surface area (Å²) in [4.78, 5) is 8.25. The second-order valence-electron chi connectivity index (χ2n) is 3.64. The van der Waals surface area contributed by atoms with Crippen LogP contribution in [0.4, 0.5) is 0 Å². The van der Waals surface area contributed by atoms with Crippen LogP contribution in [0.3, 0.4) is 0 Å². The monoisotopic (exact) mass is 230 g/mol. The van der Waals surface area contributed by atoms with Gasteiger partial charge in [-0.3, -0.25) is 0 Å². The van der Waals surface area contributed by atoms with Gasteiger partial charge in [-0.25, -0.2) is 0 Å². The van der Waals surface area contributed by atoms with Gasteiger partial charge in [-0.1, -0.05) is 48.5 Å². The second kappa shape index (κ2) is 6.86. The molecular weight excluding hydrogens is 219 g/mol. The molecule has 3 aromatic carbocycles. The zero-order valence-corrected chi connectivity index (χ0v) is 10.2. The van der Waals surface area contributed by atoms with Gasteiger partial charge in [0.2, 0.25) is 0 Å². The van der Waals surface area contributed by atoms with Crippen molar-refractivity contribution in [2.24, 2.45) is 0 Å². The Morgan fingerprint density at radius 3 is 1.17 bits per heavy atom. The van der Waals surface area contributed by atoms with E-state index < -0.39 is 6.47 Å². The van der Waals surface area contributed by atoms with Crippen LogP contribution in [0.5, 0.6) is 0 Å². The van der Waals surface area contributed by atoms with Crippen molar-refractivity contribution in [1.29, 1.82) is 0 Å². The van der Waals surface area contributed by atoms with Crippen LogP contribution in [0.15, 0.2) is 60.7 Å². The quantitative estimate of drug-likeness (QED) is 0.293. The van der Waals surface area contributed by atoms with E-state index in [4.69, 9.17) is 9.90 Å². The van der Waals surface area contributed by atoms with Gasteiger partial charge in [0.1, 0.15) is 0 Å². The maximum absolute atomic E-state index is 8.25. The topological polar surface area (TPSA) is 40.1 Å². The summed E-state index contributed by atoms with van der Waals surface area (Å²) in [6, 6.07) is 21.4. The molecule has 0 aliphatic rings. The van der Waals surface area contributed by atoms with Crippen molar-refractivity contribution >= 4 is 28.0 Å². The third-order valence-electron chi connectivity index (χ3n) is 2.61. The molecule has 0 unspecified atom stereocenters. The average Bonchev–Trinajstić information content (AvgIpc) is 2.37. The first-order valence-electron chi connectivity index (χ1n) is 5.28. The number of carbonyl (C=O) groups excluding carboxylic acids is 1. The molecular formula is C15H11LiO2. The molecule has 0 N–H and O–H groups in total. The summed E-state index contributed by atoms with van der Waals surface area (Å²) in [7, 11) is 0. The van der Waals surface area contributed by atoms with Crippen LogP contribution in [0.1, 0.15) is 0 Å². The molecule has 0 bridgehead atoms.